The maximum atomic E-state index is 14.2. The van der Waals surface area contributed by atoms with E-state index in [2.05, 4.69) is 20.8 Å². The molecule has 146 valence electrons. The highest BCUT2D eigenvalue weighted by atomic mass is 19.1. The first-order valence-electron chi connectivity index (χ1n) is 9.21. The van der Waals surface area contributed by atoms with Gasteiger partial charge in [0.05, 0.1) is 6.54 Å². The molecule has 0 saturated carbocycles. The maximum Gasteiger partial charge on any atom is 0.286 e. The van der Waals surface area contributed by atoms with E-state index in [1.807, 2.05) is 44.2 Å². The van der Waals surface area contributed by atoms with Gasteiger partial charge in [0.2, 0.25) is 5.95 Å². The van der Waals surface area contributed by atoms with Gasteiger partial charge >= 0.3 is 0 Å². The number of para-hydroxylation sites is 1. The molecule has 0 spiro atoms. The number of rotatable bonds is 5. The molecule has 2 N–H and O–H groups in total. The second kappa shape index (κ2) is 7.71. The minimum atomic E-state index is -0.361. The van der Waals surface area contributed by atoms with Crippen molar-refractivity contribution in [3.63, 3.8) is 0 Å². The maximum absolute atomic E-state index is 14.2. The third-order valence-corrected chi connectivity index (χ3v) is 4.60. The van der Waals surface area contributed by atoms with Crippen LogP contribution in [0.1, 0.15) is 27.4 Å². The van der Waals surface area contributed by atoms with Crippen LogP contribution in [0.25, 0.3) is 10.9 Å². The number of hydrazine groups is 1. The van der Waals surface area contributed by atoms with Gasteiger partial charge in [0, 0.05) is 27.9 Å². The van der Waals surface area contributed by atoms with Crippen molar-refractivity contribution < 1.29 is 9.18 Å². The molecule has 0 saturated heterocycles. The summed E-state index contributed by atoms with van der Waals surface area (Å²) in [4.78, 5) is 21.4. The fraction of sp³-hybridized carbons (Fsp3) is 0.136. The van der Waals surface area contributed by atoms with Gasteiger partial charge in [0.1, 0.15) is 11.5 Å². The standard InChI is InChI=1S/C22H20FN5O/c1-14-11-15(2)25-22(24-14)27-26-21(29)20-12-16-7-4-6-10-19(16)28(20)13-17-8-3-5-9-18(17)23/h3-12H,13H2,1-2H3,(H,26,29)(H,24,25,27). The monoisotopic (exact) mass is 389 g/mol. The minimum Gasteiger partial charge on any atom is -0.332 e. The Labute approximate surface area is 167 Å². The van der Waals surface area contributed by atoms with Crippen LogP contribution in [0.15, 0.2) is 60.7 Å². The molecule has 0 atom stereocenters. The number of hydrogen-bond acceptors (Lipinski definition) is 4. The van der Waals surface area contributed by atoms with Crippen molar-refractivity contribution in [1.82, 2.24) is 20.0 Å². The largest absolute Gasteiger partial charge is 0.332 e. The summed E-state index contributed by atoms with van der Waals surface area (Å²) >= 11 is 0. The molecule has 1 amide bonds. The van der Waals surface area contributed by atoms with Crippen LogP contribution in [-0.4, -0.2) is 20.4 Å². The predicted molar refractivity (Wildman–Crippen MR) is 110 cm³/mol. The number of carbonyl (C=O) groups is 1. The molecular weight excluding hydrogens is 369 g/mol. The van der Waals surface area contributed by atoms with Crippen LogP contribution >= 0.6 is 0 Å². The molecule has 0 fully saturated rings. The summed E-state index contributed by atoms with van der Waals surface area (Å²) in [5.74, 6) is -0.355. The van der Waals surface area contributed by atoms with E-state index in [0.717, 1.165) is 22.3 Å². The van der Waals surface area contributed by atoms with E-state index in [1.165, 1.54) is 6.07 Å². The summed E-state index contributed by atoms with van der Waals surface area (Å²) < 4.78 is 16.0. The first kappa shape index (κ1) is 18.6. The molecule has 2 aromatic carbocycles. The van der Waals surface area contributed by atoms with Crippen molar-refractivity contribution in [2.45, 2.75) is 20.4 Å². The number of aryl methyl sites for hydroxylation is 2. The van der Waals surface area contributed by atoms with Crippen LogP contribution in [0.5, 0.6) is 0 Å². The lowest BCUT2D eigenvalue weighted by atomic mass is 10.2. The summed E-state index contributed by atoms with van der Waals surface area (Å²) in [6, 6.07) is 17.8. The molecule has 29 heavy (non-hydrogen) atoms. The SMILES string of the molecule is Cc1cc(C)nc(NNC(=O)c2cc3ccccc3n2Cc2ccccc2F)n1. The number of carbonyl (C=O) groups excluding carboxylic acids is 1. The summed E-state index contributed by atoms with van der Waals surface area (Å²) in [7, 11) is 0. The summed E-state index contributed by atoms with van der Waals surface area (Å²) in [5, 5.41) is 0.900. The van der Waals surface area contributed by atoms with Gasteiger partial charge in [-0.05, 0) is 38.1 Å². The Bertz CT molecular complexity index is 1180. The van der Waals surface area contributed by atoms with E-state index >= 15 is 0 Å². The van der Waals surface area contributed by atoms with E-state index in [1.54, 1.807) is 28.8 Å². The van der Waals surface area contributed by atoms with Crippen molar-refractivity contribution in [1.29, 1.82) is 0 Å². The molecule has 0 aliphatic heterocycles. The Morgan fingerprint density at radius 2 is 1.69 bits per heavy atom. The molecule has 4 aromatic rings. The lowest BCUT2D eigenvalue weighted by Gasteiger charge is -2.13. The highest BCUT2D eigenvalue weighted by Gasteiger charge is 2.17. The number of amides is 1. The van der Waals surface area contributed by atoms with E-state index in [4.69, 9.17) is 0 Å². The summed E-state index contributed by atoms with van der Waals surface area (Å²) in [5.41, 5.74) is 8.76. The smallest absolute Gasteiger partial charge is 0.286 e. The molecule has 7 heteroatoms. The summed E-state index contributed by atoms with van der Waals surface area (Å²) in [6.07, 6.45) is 0. The fourth-order valence-corrected chi connectivity index (χ4v) is 3.32. The molecule has 2 aromatic heterocycles. The third-order valence-electron chi connectivity index (χ3n) is 4.60. The Morgan fingerprint density at radius 3 is 2.45 bits per heavy atom. The molecular formula is C22H20FN5O. The number of fused-ring (bicyclic) bond motifs is 1. The zero-order valence-electron chi connectivity index (χ0n) is 16.1. The van der Waals surface area contributed by atoms with Crippen LogP contribution < -0.4 is 10.9 Å². The van der Waals surface area contributed by atoms with Crippen molar-refractivity contribution in [3.8, 4) is 0 Å². The predicted octanol–water partition coefficient (Wildman–Crippen LogP) is 3.99. The zero-order chi connectivity index (χ0) is 20.4. The van der Waals surface area contributed by atoms with E-state index in [9.17, 15) is 9.18 Å². The van der Waals surface area contributed by atoms with Crippen molar-refractivity contribution in [2.75, 3.05) is 5.43 Å². The Morgan fingerprint density at radius 1 is 1.00 bits per heavy atom. The Kier molecular flexibility index (Phi) is 4.95. The van der Waals surface area contributed by atoms with Crippen molar-refractivity contribution >= 4 is 22.8 Å². The quantitative estimate of drug-likeness (QED) is 0.506. The minimum absolute atomic E-state index is 0.239. The van der Waals surface area contributed by atoms with Gasteiger partial charge in [-0.2, -0.15) is 0 Å². The van der Waals surface area contributed by atoms with E-state index < -0.39 is 0 Å². The number of nitrogens with zero attached hydrogens (tertiary/aromatic N) is 3. The Hall–Kier alpha value is -3.74. The lowest BCUT2D eigenvalue weighted by Crippen LogP contribution is -2.32. The number of anilines is 1. The van der Waals surface area contributed by atoms with E-state index in [-0.39, 0.29) is 18.3 Å². The first-order valence-corrected chi connectivity index (χ1v) is 9.21. The van der Waals surface area contributed by atoms with Crippen LogP contribution in [0, 0.1) is 19.7 Å². The van der Waals surface area contributed by atoms with Gasteiger partial charge in [-0.15, -0.1) is 0 Å². The number of halogens is 1. The molecule has 0 bridgehead atoms. The van der Waals surface area contributed by atoms with Crippen LogP contribution in [-0.2, 0) is 6.54 Å². The number of benzene rings is 2. The topological polar surface area (TPSA) is 71.8 Å². The highest BCUT2D eigenvalue weighted by molar-refractivity contribution is 5.99. The average molecular weight is 389 g/mol. The summed E-state index contributed by atoms with van der Waals surface area (Å²) in [6.45, 7) is 3.95. The van der Waals surface area contributed by atoms with Gasteiger partial charge < -0.3 is 4.57 Å². The third kappa shape index (κ3) is 3.94. The van der Waals surface area contributed by atoms with Gasteiger partial charge in [-0.3, -0.25) is 15.6 Å². The van der Waals surface area contributed by atoms with Gasteiger partial charge in [-0.1, -0.05) is 36.4 Å². The highest BCUT2D eigenvalue weighted by Crippen LogP contribution is 2.22. The Balaban J connectivity index is 1.65. The molecule has 0 aliphatic rings. The molecule has 0 unspecified atom stereocenters. The average Bonchev–Trinajstić information content (AvgIpc) is 3.06. The second-order valence-electron chi connectivity index (χ2n) is 6.82. The molecule has 0 radical (unpaired) electrons. The fourth-order valence-electron chi connectivity index (χ4n) is 3.32. The normalized spacial score (nSPS) is 10.9. The zero-order valence-corrected chi connectivity index (χ0v) is 16.1. The molecule has 0 aliphatic carbocycles. The lowest BCUT2D eigenvalue weighted by molar-refractivity contribution is 0.0954. The molecule has 2 heterocycles. The number of hydrogen-bond donors (Lipinski definition) is 2. The van der Waals surface area contributed by atoms with Crippen LogP contribution in [0.4, 0.5) is 10.3 Å². The van der Waals surface area contributed by atoms with Crippen LogP contribution in [0.3, 0.4) is 0 Å². The molecule has 6 nitrogen and oxygen atoms in total. The van der Waals surface area contributed by atoms with Crippen molar-refractivity contribution in [3.05, 3.63) is 89.1 Å². The first-order chi connectivity index (χ1) is 14.0. The second-order valence-corrected chi connectivity index (χ2v) is 6.82. The molecule has 4 rings (SSSR count). The van der Waals surface area contributed by atoms with Crippen LogP contribution in [0.2, 0.25) is 0 Å². The van der Waals surface area contributed by atoms with Gasteiger partial charge in [-0.25, -0.2) is 14.4 Å². The van der Waals surface area contributed by atoms with Gasteiger partial charge in [0.25, 0.3) is 5.91 Å². The van der Waals surface area contributed by atoms with E-state index in [0.29, 0.717) is 17.2 Å². The van der Waals surface area contributed by atoms with Crippen molar-refractivity contribution in [2.24, 2.45) is 0 Å². The number of aromatic nitrogens is 3. The van der Waals surface area contributed by atoms with Gasteiger partial charge in [0.15, 0.2) is 0 Å². The number of nitrogens with one attached hydrogen (secondary N) is 2.